The largest absolute Gasteiger partial charge is 0.489 e. The topological polar surface area (TPSA) is 64.3 Å². The fourth-order valence-corrected chi connectivity index (χ4v) is 3.43. The maximum Gasteiger partial charge on any atom is 0.409 e. The first-order chi connectivity index (χ1) is 13.8. The van der Waals surface area contributed by atoms with Crippen molar-refractivity contribution in [1.82, 2.24) is 24.9 Å². The minimum atomic E-state index is -4.37. The Labute approximate surface area is 167 Å². The molecule has 0 spiro atoms. The molecule has 4 heterocycles. The summed E-state index contributed by atoms with van der Waals surface area (Å²) in [4.78, 5) is 8.68. The van der Waals surface area contributed by atoms with Crippen molar-refractivity contribution < 1.29 is 17.9 Å². The summed E-state index contributed by atoms with van der Waals surface area (Å²) in [6, 6.07) is 6.72. The SMILES string of the molecule is CC.Cc1nc(-c2ccnc3ccnn23)ccc1OCC1(C(F)(F)F)CC(C)N1. The molecule has 1 saturated heterocycles. The summed E-state index contributed by atoms with van der Waals surface area (Å²) >= 11 is 0. The highest BCUT2D eigenvalue weighted by Crippen LogP contribution is 2.41. The molecule has 0 amide bonds. The van der Waals surface area contributed by atoms with Crippen LogP contribution in [0.1, 0.15) is 32.9 Å². The molecule has 2 atom stereocenters. The highest BCUT2D eigenvalue weighted by atomic mass is 19.4. The van der Waals surface area contributed by atoms with Crippen LogP contribution in [0.4, 0.5) is 13.2 Å². The van der Waals surface area contributed by atoms with Crippen molar-refractivity contribution >= 4 is 5.65 Å². The van der Waals surface area contributed by atoms with Crippen LogP contribution in [0.25, 0.3) is 17.0 Å². The second kappa shape index (κ2) is 7.98. The van der Waals surface area contributed by atoms with E-state index in [1.54, 1.807) is 55.0 Å². The van der Waals surface area contributed by atoms with Crippen molar-refractivity contribution in [2.75, 3.05) is 6.61 Å². The monoisotopic (exact) mass is 407 g/mol. The van der Waals surface area contributed by atoms with Crippen LogP contribution in [0.5, 0.6) is 5.75 Å². The van der Waals surface area contributed by atoms with E-state index in [2.05, 4.69) is 20.4 Å². The molecule has 9 heteroatoms. The van der Waals surface area contributed by atoms with Gasteiger partial charge in [-0.15, -0.1) is 0 Å². The molecular weight excluding hydrogens is 383 g/mol. The summed E-state index contributed by atoms with van der Waals surface area (Å²) < 4.78 is 47.2. The van der Waals surface area contributed by atoms with Crippen LogP contribution < -0.4 is 10.1 Å². The predicted octanol–water partition coefficient (Wildman–Crippen LogP) is 4.19. The van der Waals surface area contributed by atoms with E-state index in [0.717, 1.165) is 5.69 Å². The molecule has 3 aromatic rings. The number of aromatic nitrogens is 4. The average molecular weight is 407 g/mol. The van der Waals surface area contributed by atoms with Gasteiger partial charge < -0.3 is 4.74 Å². The van der Waals surface area contributed by atoms with Crippen molar-refractivity contribution in [2.45, 2.75) is 51.9 Å². The Balaban J connectivity index is 0.00000117. The summed E-state index contributed by atoms with van der Waals surface area (Å²) in [6.45, 7) is 6.94. The second-order valence-electron chi connectivity index (χ2n) is 6.83. The van der Waals surface area contributed by atoms with Gasteiger partial charge in [0.1, 0.15) is 12.4 Å². The van der Waals surface area contributed by atoms with E-state index in [1.165, 1.54) is 0 Å². The first kappa shape index (κ1) is 21.0. The highest BCUT2D eigenvalue weighted by molar-refractivity contribution is 5.59. The molecule has 0 saturated carbocycles. The van der Waals surface area contributed by atoms with E-state index in [-0.39, 0.29) is 12.5 Å². The van der Waals surface area contributed by atoms with Gasteiger partial charge in [0.25, 0.3) is 0 Å². The first-order valence-corrected chi connectivity index (χ1v) is 9.53. The first-order valence-electron chi connectivity index (χ1n) is 9.53. The van der Waals surface area contributed by atoms with Crippen LogP contribution in [0.2, 0.25) is 0 Å². The molecule has 0 aliphatic carbocycles. The Morgan fingerprint density at radius 2 is 1.93 bits per heavy atom. The standard InChI is InChI=1S/C18H18F3N5O.C2H6/c1-11-9-17(25-11,18(19,20)21)10-27-15-4-3-13(24-12(15)2)14-5-7-22-16-6-8-23-26(14)16;1-2/h3-8,11,25H,9-10H2,1-2H3;1-2H3. The summed E-state index contributed by atoms with van der Waals surface area (Å²) in [6.07, 6.45) is -1.08. The molecule has 1 aliphatic rings. The Hall–Kier alpha value is -2.68. The van der Waals surface area contributed by atoms with Crippen LogP contribution in [0.3, 0.4) is 0 Å². The van der Waals surface area contributed by atoms with Crippen LogP contribution in [-0.4, -0.2) is 43.9 Å². The number of nitrogens with zero attached hydrogens (tertiary/aromatic N) is 4. The Morgan fingerprint density at radius 3 is 2.55 bits per heavy atom. The van der Waals surface area contributed by atoms with Gasteiger partial charge in [-0.05, 0) is 38.5 Å². The van der Waals surface area contributed by atoms with Gasteiger partial charge in [-0.25, -0.2) is 14.5 Å². The van der Waals surface area contributed by atoms with E-state index in [4.69, 9.17) is 4.74 Å². The lowest BCUT2D eigenvalue weighted by Crippen LogP contribution is -2.72. The predicted molar refractivity (Wildman–Crippen MR) is 104 cm³/mol. The average Bonchev–Trinajstić information content (AvgIpc) is 3.14. The molecule has 0 aromatic carbocycles. The normalized spacial score (nSPS) is 21.3. The molecule has 0 radical (unpaired) electrons. The zero-order valence-electron chi connectivity index (χ0n) is 16.8. The zero-order chi connectivity index (χ0) is 21.2. The van der Waals surface area contributed by atoms with Gasteiger partial charge in [0, 0.05) is 18.3 Å². The molecule has 0 bridgehead atoms. The van der Waals surface area contributed by atoms with Crippen LogP contribution >= 0.6 is 0 Å². The molecule has 1 aliphatic heterocycles. The van der Waals surface area contributed by atoms with Crippen molar-refractivity contribution in [3.05, 3.63) is 42.4 Å². The Bertz CT molecular complexity index is 980. The number of aryl methyl sites for hydroxylation is 1. The number of rotatable bonds is 4. The van der Waals surface area contributed by atoms with Crippen LogP contribution in [0, 0.1) is 6.92 Å². The minimum absolute atomic E-state index is 0.00461. The minimum Gasteiger partial charge on any atom is -0.489 e. The van der Waals surface area contributed by atoms with Gasteiger partial charge in [0.15, 0.2) is 11.2 Å². The van der Waals surface area contributed by atoms with Crippen molar-refractivity contribution in [3.63, 3.8) is 0 Å². The van der Waals surface area contributed by atoms with Gasteiger partial charge in [-0.1, -0.05) is 13.8 Å². The number of halogens is 3. The third kappa shape index (κ3) is 3.91. The number of hydrogen-bond donors (Lipinski definition) is 1. The second-order valence-corrected chi connectivity index (χ2v) is 6.83. The van der Waals surface area contributed by atoms with Gasteiger partial charge in [-0.3, -0.25) is 5.32 Å². The molecule has 1 N–H and O–H groups in total. The van der Waals surface area contributed by atoms with Gasteiger partial charge in [0.05, 0.1) is 23.3 Å². The van der Waals surface area contributed by atoms with Gasteiger partial charge in [0.2, 0.25) is 0 Å². The molecule has 1 fully saturated rings. The Morgan fingerprint density at radius 1 is 1.21 bits per heavy atom. The van der Waals surface area contributed by atoms with E-state index < -0.39 is 18.3 Å². The number of alkyl halides is 3. The highest BCUT2D eigenvalue weighted by Gasteiger charge is 2.61. The smallest absolute Gasteiger partial charge is 0.409 e. The molecule has 29 heavy (non-hydrogen) atoms. The number of ether oxygens (including phenoxy) is 1. The van der Waals surface area contributed by atoms with Crippen LogP contribution in [-0.2, 0) is 0 Å². The van der Waals surface area contributed by atoms with E-state index in [0.29, 0.717) is 22.8 Å². The number of hydrogen-bond acceptors (Lipinski definition) is 5. The van der Waals surface area contributed by atoms with Crippen molar-refractivity contribution in [1.29, 1.82) is 0 Å². The van der Waals surface area contributed by atoms with E-state index in [9.17, 15) is 13.2 Å². The third-order valence-electron chi connectivity index (χ3n) is 4.78. The molecule has 2 unspecified atom stereocenters. The van der Waals surface area contributed by atoms with Gasteiger partial charge in [-0.2, -0.15) is 18.3 Å². The molecule has 6 nitrogen and oxygen atoms in total. The summed E-state index contributed by atoms with van der Waals surface area (Å²) in [5, 5.41) is 6.77. The zero-order valence-corrected chi connectivity index (χ0v) is 16.8. The Kier molecular flexibility index (Phi) is 5.79. The van der Waals surface area contributed by atoms with Gasteiger partial charge >= 0.3 is 6.18 Å². The van der Waals surface area contributed by atoms with E-state index in [1.807, 2.05) is 13.8 Å². The fraction of sp³-hybridized carbons (Fsp3) is 0.450. The maximum absolute atomic E-state index is 13.4. The molecule has 4 rings (SSSR count). The molecule has 3 aromatic heterocycles. The lowest BCUT2D eigenvalue weighted by atomic mass is 9.82. The van der Waals surface area contributed by atoms with E-state index >= 15 is 0 Å². The van der Waals surface area contributed by atoms with Crippen LogP contribution in [0.15, 0.2) is 36.7 Å². The number of nitrogens with one attached hydrogen (secondary N) is 1. The quantitative estimate of drug-likeness (QED) is 0.703. The number of pyridine rings is 1. The maximum atomic E-state index is 13.4. The molecular formula is C20H24F3N5O. The van der Waals surface area contributed by atoms with Crippen molar-refractivity contribution in [3.8, 4) is 17.1 Å². The third-order valence-corrected chi connectivity index (χ3v) is 4.78. The summed E-state index contributed by atoms with van der Waals surface area (Å²) in [7, 11) is 0. The lowest BCUT2D eigenvalue weighted by molar-refractivity contribution is -0.232. The number of fused-ring (bicyclic) bond motifs is 1. The summed E-state index contributed by atoms with van der Waals surface area (Å²) in [5.74, 6) is 0.328. The summed E-state index contributed by atoms with van der Waals surface area (Å²) in [5.41, 5.74) is 0.570. The fourth-order valence-electron chi connectivity index (χ4n) is 3.43. The molecule has 156 valence electrons. The lowest BCUT2D eigenvalue weighted by Gasteiger charge is -2.48. The van der Waals surface area contributed by atoms with Crippen molar-refractivity contribution in [2.24, 2.45) is 0 Å².